The Bertz CT molecular complexity index is 228. The molecular weight excluding hydrogens is 200 g/mol. The number of piperidine rings is 1. The van der Waals surface area contributed by atoms with Gasteiger partial charge in [-0.1, -0.05) is 6.92 Å². The minimum Gasteiger partial charge on any atom is -0.343 e. The summed E-state index contributed by atoms with van der Waals surface area (Å²) in [4.78, 5) is 13.8. The Morgan fingerprint density at radius 3 is 2.62 bits per heavy atom. The van der Waals surface area contributed by atoms with Crippen molar-refractivity contribution in [2.45, 2.75) is 51.5 Å². The minimum atomic E-state index is 0.361. The van der Waals surface area contributed by atoms with Gasteiger partial charge in [0.1, 0.15) is 0 Å². The Morgan fingerprint density at radius 2 is 2.06 bits per heavy atom. The minimum absolute atomic E-state index is 0.361. The number of hydrogen-bond acceptors (Lipinski definition) is 2. The van der Waals surface area contributed by atoms with Crippen LogP contribution in [0.2, 0.25) is 0 Å². The van der Waals surface area contributed by atoms with Crippen LogP contribution in [0.4, 0.5) is 0 Å². The lowest BCUT2D eigenvalue weighted by Gasteiger charge is -2.35. The second kappa shape index (κ2) is 5.67. The van der Waals surface area contributed by atoms with Gasteiger partial charge in [-0.15, -0.1) is 0 Å². The predicted molar refractivity (Wildman–Crippen MR) is 65.2 cm³/mol. The van der Waals surface area contributed by atoms with Gasteiger partial charge >= 0.3 is 0 Å². The summed E-state index contributed by atoms with van der Waals surface area (Å²) in [7, 11) is 0. The van der Waals surface area contributed by atoms with E-state index in [1.54, 1.807) is 0 Å². The number of rotatable bonds is 3. The van der Waals surface area contributed by atoms with E-state index in [4.69, 9.17) is 0 Å². The average molecular weight is 224 g/mol. The molecule has 2 heterocycles. The maximum atomic E-state index is 11.7. The highest BCUT2D eigenvalue weighted by atomic mass is 16.2. The van der Waals surface area contributed by atoms with Gasteiger partial charge in [-0.05, 0) is 44.6 Å². The van der Waals surface area contributed by atoms with Crippen molar-refractivity contribution in [1.29, 1.82) is 0 Å². The van der Waals surface area contributed by atoms with Crippen LogP contribution in [0.25, 0.3) is 0 Å². The van der Waals surface area contributed by atoms with E-state index in [0.717, 1.165) is 37.9 Å². The molecule has 2 aliphatic heterocycles. The molecule has 2 fully saturated rings. The molecule has 0 aromatic carbocycles. The second-order valence-electron chi connectivity index (χ2n) is 5.17. The molecule has 1 amide bonds. The summed E-state index contributed by atoms with van der Waals surface area (Å²) in [5.74, 6) is 1.17. The van der Waals surface area contributed by atoms with Gasteiger partial charge in [-0.25, -0.2) is 0 Å². The lowest BCUT2D eigenvalue weighted by molar-refractivity contribution is -0.132. The molecule has 0 aliphatic carbocycles. The Morgan fingerprint density at radius 1 is 1.31 bits per heavy atom. The molecule has 2 saturated heterocycles. The van der Waals surface area contributed by atoms with Gasteiger partial charge in [-0.2, -0.15) is 0 Å². The van der Waals surface area contributed by atoms with E-state index < -0.39 is 0 Å². The summed E-state index contributed by atoms with van der Waals surface area (Å²) in [6.45, 7) is 5.25. The Hall–Kier alpha value is -0.570. The van der Waals surface area contributed by atoms with Gasteiger partial charge in [0.15, 0.2) is 0 Å². The largest absolute Gasteiger partial charge is 0.343 e. The van der Waals surface area contributed by atoms with Crippen molar-refractivity contribution >= 4 is 5.91 Å². The van der Waals surface area contributed by atoms with Crippen molar-refractivity contribution < 1.29 is 4.79 Å². The summed E-state index contributed by atoms with van der Waals surface area (Å²) in [5, 5.41) is 3.59. The molecule has 2 aliphatic rings. The molecule has 0 aromatic rings. The maximum absolute atomic E-state index is 11.7. The van der Waals surface area contributed by atoms with E-state index in [2.05, 4.69) is 17.1 Å². The average Bonchev–Trinajstić information content (AvgIpc) is 2.83. The third kappa shape index (κ3) is 2.76. The summed E-state index contributed by atoms with van der Waals surface area (Å²) in [5.41, 5.74) is 0. The van der Waals surface area contributed by atoms with Crippen molar-refractivity contribution in [3.8, 4) is 0 Å². The highest BCUT2D eigenvalue weighted by Gasteiger charge is 2.29. The van der Waals surface area contributed by atoms with Gasteiger partial charge < -0.3 is 10.2 Å². The first kappa shape index (κ1) is 11.9. The Labute approximate surface area is 98.6 Å². The van der Waals surface area contributed by atoms with Crippen molar-refractivity contribution in [3.63, 3.8) is 0 Å². The van der Waals surface area contributed by atoms with Crippen LogP contribution >= 0.6 is 0 Å². The predicted octanol–water partition coefficient (Wildman–Crippen LogP) is 1.78. The first-order chi connectivity index (χ1) is 7.81. The number of nitrogens with one attached hydrogen (secondary N) is 1. The molecule has 0 saturated carbocycles. The van der Waals surface area contributed by atoms with Gasteiger partial charge in [0.05, 0.1) is 0 Å². The number of carbonyl (C=O) groups is 1. The van der Waals surface area contributed by atoms with E-state index in [1.165, 1.54) is 32.2 Å². The molecule has 3 nitrogen and oxygen atoms in total. The monoisotopic (exact) mass is 224 g/mol. The summed E-state index contributed by atoms with van der Waals surface area (Å²) in [6.07, 6.45) is 6.78. The standard InChI is InChI=1S/C13H24N2O/c1-2-4-13(16)15-9-6-11(7-10-15)12-5-3-8-14-12/h11-12,14H,2-10H2,1H3. The fourth-order valence-electron chi connectivity index (χ4n) is 3.04. The molecule has 1 atom stereocenters. The molecule has 2 rings (SSSR count). The first-order valence-corrected chi connectivity index (χ1v) is 6.82. The highest BCUT2D eigenvalue weighted by Crippen LogP contribution is 2.25. The Balaban J connectivity index is 1.75. The Kier molecular flexibility index (Phi) is 4.22. The molecule has 1 N–H and O–H groups in total. The molecule has 0 bridgehead atoms. The van der Waals surface area contributed by atoms with Crippen LogP contribution in [0, 0.1) is 5.92 Å². The van der Waals surface area contributed by atoms with Gasteiger partial charge in [0.25, 0.3) is 0 Å². The third-order valence-electron chi connectivity index (χ3n) is 4.02. The van der Waals surface area contributed by atoms with Gasteiger partial charge in [-0.3, -0.25) is 4.79 Å². The molecule has 16 heavy (non-hydrogen) atoms. The van der Waals surface area contributed by atoms with E-state index in [1.807, 2.05) is 0 Å². The summed E-state index contributed by atoms with van der Waals surface area (Å²) < 4.78 is 0. The van der Waals surface area contributed by atoms with E-state index >= 15 is 0 Å². The summed E-state index contributed by atoms with van der Waals surface area (Å²) >= 11 is 0. The van der Waals surface area contributed by atoms with Crippen molar-refractivity contribution in [1.82, 2.24) is 10.2 Å². The number of nitrogens with zero attached hydrogens (tertiary/aromatic N) is 1. The lowest BCUT2D eigenvalue weighted by Crippen LogP contribution is -2.43. The number of amides is 1. The van der Waals surface area contributed by atoms with Gasteiger partial charge in [0.2, 0.25) is 5.91 Å². The van der Waals surface area contributed by atoms with E-state index in [-0.39, 0.29) is 0 Å². The van der Waals surface area contributed by atoms with Gasteiger partial charge in [0, 0.05) is 25.6 Å². The molecule has 92 valence electrons. The molecule has 1 unspecified atom stereocenters. The zero-order valence-electron chi connectivity index (χ0n) is 10.4. The molecule has 0 radical (unpaired) electrons. The number of likely N-dealkylation sites (tertiary alicyclic amines) is 1. The number of carbonyl (C=O) groups excluding carboxylic acids is 1. The molecular formula is C13H24N2O. The zero-order chi connectivity index (χ0) is 11.4. The quantitative estimate of drug-likeness (QED) is 0.792. The molecule has 0 aromatic heterocycles. The van der Waals surface area contributed by atoms with Crippen molar-refractivity contribution in [3.05, 3.63) is 0 Å². The molecule has 0 spiro atoms. The van der Waals surface area contributed by atoms with Crippen LogP contribution < -0.4 is 5.32 Å². The van der Waals surface area contributed by atoms with E-state index in [0.29, 0.717) is 5.91 Å². The fourth-order valence-corrected chi connectivity index (χ4v) is 3.04. The first-order valence-electron chi connectivity index (χ1n) is 6.82. The summed E-state index contributed by atoms with van der Waals surface area (Å²) in [6, 6.07) is 0.739. The SMILES string of the molecule is CCCC(=O)N1CCC(C2CCCN2)CC1. The van der Waals surface area contributed by atoms with Crippen LogP contribution in [0.3, 0.4) is 0 Å². The third-order valence-corrected chi connectivity index (χ3v) is 4.02. The normalized spacial score (nSPS) is 27.3. The topological polar surface area (TPSA) is 32.3 Å². The lowest BCUT2D eigenvalue weighted by atomic mass is 9.88. The zero-order valence-corrected chi connectivity index (χ0v) is 10.4. The van der Waals surface area contributed by atoms with Crippen LogP contribution in [0.1, 0.15) is 45.4 Å². The fraction of sp³-hybridized carbons (Fsp3) is 0.923. The smallest absolute Gasteiger partial charge is 0.222 e. The molecule has 3 heteroatoms. The number of hydrogen-bond donors (Lipinski definition) is 1. The highest BCUT2D eigenvalue weighted by molar-refractivity contribution is 5.76. The van der Waals surface area contributed by atoms with Crippen LogP contribution in [-0.4, -0.2) is 36.5 Å². The van der Waals surface area contributed by atoms with Crippen LogP contribution in [0.15, 0.2) is 0 Å². The van der Waals surface area contributed by atoms with E-state index in [9.17, 15) is 4.79 Å². The maximum Gasteiger partial charge on any atom is 0.222 e. The van der Waals surface area contributed by atoms with Crippen molar-refractivity contribution in [2.75, 3.05) is 19.6 Å². The van der Waals surface area contributed by atoms with Crippen LogP contribution in [-0.2, 0) is 4.79 Å². The second-order valence-corrected chi connectivity index (χ2v) is 5.17. The van der Waals surface area contributed by atoms with Crippen LogP contribution in [0.5, 0.6) is 0 Å². The van der Waals surface area contributed by atoms with Crippen molar-refractivity contribution in [2.24, 2.45) is 5.92 Å².